The summed E-state index contributed by atoms with van der Waals surface area (Å²) in [5.74, 6) is -0.968. The van der Waals surface area contributed by atoms with Gasteiger partial charge in [0.05, 0.1) is 0 Å². The molecule has 0 saturated heterocycles. The summed E-state index contributed by atoms with van der Waals surface area (Å²) in [7, 11) is 0. The van der Waals surface area contributed by atoms with Crippen molar-refractivity contribution in [3.63, 3.8) is 0 Å². The standard InChI is InChI=1S/C5H7O2.O.Zr/c1-3-4(2)5(6)7;;/h1-2H3,(H,6,7);;. The van der Waals surface area contributed by atoms with Crippen molar-refractivity contribution in [2.75, 3.05) is 0 Å². The van der Waals surface area contributed by atoms with E-state index in [1.165, 1.54) is 6.92 Å². The fourth-order valence-electron chi connectivity index (χ4n) is 0.237. The first-order chi connectivity index (χ1) is 4.09. The summed E-state index contributed by atoms with van der Waals surface area (Å²) < 4.78 is 10.8. The maximum atomic E-state index is 10.2. The summed E-state index contributed by atoms with van der Waals surface area (Å²) in [6.45, 7) is 3.07. The Morgan fingerprint density at radius 1 is 1.44 bits per heavy atom. The van der Waals surface area contributed by atoms with Crippen LogP contribution in [0.3, 0.4) is 0 Å². The van der Waals surface area contributed by atoms with Gasteiger partial charge in [0.2, 0.25) is 0 Å². The van der Waals surface area contributed by atoms with E-state index in [2.05, 4.69) is 0 Å². The summed E-state index contributed by atoms with van der Waals surface area (Å²) >= 11 is -1.74. The van der Waals surface area contributed by atoms with E-state index in [9.17, 15) is 7.61 Å². The first-order valence-corrected chi connectivity index (χ1v) is 4.61. The summed E-state index contributed by atoms with van der Waals surface area (Å²) in [5, 5.41) is 8.31. The van der Waals surface area contributed by atoms with Gasteiger partial charge in [0, 0.05) is 0 Å². The van der Waals surface area contributed by atoms with E-state index in [-0.39, 0.29) is 5.57 Å². The molecule has 0 atom stereocenters. The fraction of sp³-hybridized carbons (Fsp3) is 0.400. The van der Waals surface area contributed by atoms with Crippen molar-refractivity contribution in [1.29, 1.82) is 0 Å². The molecule has 0 rings (SSSR count). The minimum absolute atomic E-state index is 0.233. The molecule has 0 aliphatic carbocycles. The van der Waals surface area contributed by atoms with Crippen molar-refractivity contribution in [3.05, 3.63) is 8.85 Å². The monoisotopic (exact) mass is 205 g/mol. The molecular weight excluding hydrogens is 199 g/mol. The summed E-state index contributed by atoms with van der Waals surface area (Å²) in [6, 6.07) is 0. The summed E-state index contributed by atoms with van der Waals surface area (Å²) in [5.41, 5.74) is 0.233. The molecule has 0 heterocycles. The van der Waals surface area contributed by atoms with Crippen LogP contribution in [0.2, 0.25) is 0 Å². The number of carbonyl (C=O) groups is 1. The number of allylic oxidation sites excluding steroid dienone is 1. The molecule has 0 aliphatic rings. The molecule has 0 bridgehead atoms. The molecule has 4 heteroatoms. The number of hydrogen-bond donors (Lipinski definition) is 1. The van der Waals surface area contributed by atoms with Crippen LogP contribution >= 0.6 is 0 Å². The van der Waals surface area contributed by atoms with Gasteiger partial charge < -0.3 is 0 Å². The number of hydrogen-bond acceptors (Lipinski definition) is 2. The fourth-order valence-corrected chi connectivity index (χ4v) is 0.876. The van der Waals surface area contributed by atoms with Crippen LogP contribution in [0.15, 0.2) is 8.85 Å². The van der Waals surface area contributed by atoms with E-state index in [0.717, 1.165) is 0 Å². The Morgan fingerprint density at radius 3 is 2.00 bits per heavy atom. The number of carboxylic acid groups (broad SMARTS) is 1. The van der Waals surface area contributed by atoms with Crippen LogP contribution in [0, 0.1) is 0 Å². The Balaban J connectivity index is 4.47. The predicted molar refractivity (Wildman–Crippen MR) is 26.7 cm³/mol. The zero-order chi connectivity index (χ0) is 7.44. The van der Waals surface area contributed by atoms with E-state index in [4.69, 9.17) is 5.11 Å². The molecule has 0 aromatic rings. The quantitative estimate of drug-likeness (QED) is 0.680. The molecular formula is C5H7O3Zr. The molecule has 49 valence electrons. The molecule has 0 fully saturated rings. The van der Waals surface area contributed by atoms with Gasteiger partial charge in [-0.05, 0) is 0 Å². The third kappa shape index (κ3) is 2.80. The maximum absolute atomic E-state index is 10.2. The van der Waals surface area contributed by atoms with Crippen LogP contribution in [-0.2, 0) is 30.8 Å². The second-order valence-electron chi connectivity index (χ2n) is 1.66. The zero-order valence-electron chi connectivity index (χ0n) is 5.26. The Hall–Kier alpha value is -0.107. The molecule has 0 saturated carbocycles. The molecule has 0 aromatic carbocycles. The van der Waals surface area contributed by atoms with Crippen LogP contribution in [0.4, 0.5) is 0 Å². The van der Waals surface area contributed by atoms with Crippen molar-refractivity contribution >= 4 is 5.97 Å². The van der Waals surface area contributed by atoms with Gasteiger partial charge in [0.1, 0.15) is 0 Å². The van der Waals surface area contributed by atoms with Crippen LogP contribution in [0.25, 0.3) is 0 Å². The molecule has 0 amide bonds. The van der Waals surface area contributed by atoms with E-state index in [0.29, 0.717) is 3.28 Å². The van der Waals surface area contributed by atoms with Crippen LogP contribution in [0.5, 0.6) is 0 Å². The first kappa shape index (κ1) is 8.89. The van der Waals surface area contributed by atoms with Crippen molar-refractivity contribution in [2.24, 2.45) is 0 Å². The average molecular weight is 206 g/mol. The van der Waals surface area contributed by atoms with Crippen molar-refractivity contribution in [2.45, 2.75) is 13.8 Å². The van der Waals surface area contributed by atoms with Gasteiger partial charge in [-0.3, -0.25) is 0 Å². The molecule has 0 aliphatic heterocycles. The molecule has 0 radical (unpaired) electrons. The molecule has 0 aromatic heterocycles. The number of rotatable bonds is 2. The van der Waals surface area contributed by atoms with E-state index >= 15 is 0 Å². The predicted octanol–water partition coefficient (Wildman–Crippen LogP) is 0.793. The molecule has 0 spiro atoms. The second-order valence-corrected chi connectivity index (χ2v) is 4.00. The van der Waals surface area contributed by atoms with Crippen LogP contribution < -0.4 is 0 Å². The SMILES string of the molecule is C[C]([Zr]=[O])=C(C)C(=O)O. The van der Waals surface area contributed by atoms with E-state index in [1.807, 2.05) is 0 Å². The molecule has 1 N–H and O–H groups in total. The Labute approximate surface area is 64.8 Å². The van der Waals surface area contributed by atoms with Gasteiger partial charge in [-0.2, -0.15) is 0 Å². The van der Waals surface area contributed by atoms with Crippen molar-refractivity contribution < 1.29 is 36.0 Å². The molecule has 0 unspecified atom stereocenters. The topological polar surface area (TPSA) is 54.4 Å². The van der Waals surface area contributed by atoms with Gasteiger partial charge in [-0.25, -0.2) is 0 Å². The van der Waals surface area contributed by atoms with E-state index in [1.54, 1.807) is 6.92 Å². The van der Waals surface area contributed by atoms with Crippen LogP contribution in [-0.4, -0.2) is 11.1 Å². The Bertz CT molecular complexity index is 171. The molecule has 3 nitrogen and oxygen atoms in total. The van der Waals surface area contributed by atoms with Crippen molar-refractivity contribution in [1.82, 2.24) is 0 Å². The zero-order valence-corrected chi connectivity index (χ0v) is 7.72. The van der Waals surface area contributed by atoms with Gasteiger partial charge in [0.25, 0.3) is 0 Å². The van der Waals surface area contributed by atoms with Gasteiger partial charge in [-0.15, -0.1) is 0 Å². The van der Waals surface area contributed by atoms with Gasteiger partial charge >= 0.3 is 64.6 Å². The van der Waals surface area contributed by atoms with Crippen LogP contribution in [0.1, 0.15) is 13.8 Å². The van der Waals surface area contributed by atoms with Gasteiger partial charge in [-0.1, -0.05) is 0 Å². The first-order valence-electron chi connectivity index (χ1n) is 2.38. The van der Waals surface area contributed by atoms with Gasteiger partial charge in [0.15, 0.2) is 0 Å². The summed E-state index contributed by atoms with van der Waals surface area (Å²) in [6.07, 6.45) is 0. The van der Waals surface area contributed by atoms with Crippen molar-refractivity contribution in [3.8, 4) is 0 Å². The average Bonchev–Trinajstić information content (AvgIpc) is 1.84. The number of aliphatic carboxylic acids is 1. The third-order valence-electron chi connectivity index (χ3n) is 1.04. The Morgan fingerprint density at radius 2 is 1.89 bits per heavy atom. The van der Waals surface area contributed by atoms with E-state index < -0.39 is 29.2 Å². The summed E-state index contributed by atoms with van der Waals surface area (Å²) in [4.78, 5) is 10.1. The molecule has 9 heavy (non-hydrogen) atoms. The second kappa shape index (κ2) is 3.83. The minimum atomic E-state index is -1.74. The Kier molecular flexibility index (Phi) is 3.79. The third-order valence-corrected chi connectivity index (χ3v) is 2.71. The normalized spacial score (nSPS) is 11.8. The number of carboxylic acids is 1.